The van der Waals surface area contributed by atoms with Gasteiger partial charge in [-0.1, -0.05) is 36.2 Å². The van der Waals surface area contributed by atoms with Crippen molar-refractivity contribution in [3.63, 3.8) is 0 Å². The molecule has 0 spiro atoms. The number of carbonyl (C=O) groups is 2. The number of anilines is 1. The number of halogens is 1. The number of piperidine rings is 1. The Bertz CT molecular complexity index is 1150. The summed E-state index contributed by atoms with van der Waals surface area (Å²) in [6, 6.07) is 11.3. The molecule has 0 aromatic heterocycles. The largest absolute Gasteiger partial charge is 0.350 e. The van der Waals surface area contributed by atoms with Crippen LogP contribution in [0.4, 0.5) is 5.69 Å². The van der Waals surface area contributed by atoms with Crippen LogP contribution in [-0.4, -0.2) is 43.7 Å². The number of carbonyl (C=O) groups excluding carboxylic acids is 2. The van der Waals surface area contributed by atoms with Crippen molar-refractivity contribution in [2.24, 2.45) is 0 Å². The van der Waals surface area contributed by atoms with Crippen LogP contribution in [0.2, 0.25) is 5.02 Å². The van der Waals surface area contributed by atoms with Crippen molar-refractivity contribution in [1.29, 1.82) is 0 Å². The lowest BCUT2D eigenvalue weighted by atomic mass is 10.1. The molecule has 170 valence electrons. The number of sulfonamides is 1. The van der Waals surface area contributed by atoms with Gasteiger partial charge in [0.2, 0.25) is 21.8 Å². The predicted molar refractivity (Wildman–Crippen MR) is 123 cm³/mol. The van der Waals surface area contributed by atoms with Gasteiger partial charge in [-0.3, -0.25) is 14.5 Å². The molecule has 0 aliphatic carbocycles. The van der Waals surface area contributed by atoms with Gasteiger partial charge in [0, 0.05) is 43.7 Å². The molecule has 0 radical (unpaired) electrons. The molecule has 1 atom stereocenters. The van der Waals surface area contributed by atoms with Gasteiger partial charge in [-0.2, -0.15) is 4.31 Å². The van der Waals surface area contributed by atoms with Crippen LogP contribution in [0, 0.1) is 0 Å². The van der Waals surface area contributed by atoms with Crippen molar-refractivity contribution in [1.82, 2.24) is 9.62 Å². The first-order valence-electron chi connectivity index (χ1n) is 10.7. The molecule has 0 unspecified atom stereocenters. The van der Waals surface area contributed by atoms with E-state index in [1.165, 1.54) is 22.2 Å². The molecule has 0 saturated carbocycles. The van der Waals surface area contributed by atoms with E-state index in [9.17, 15) is 18.0 Å². The minimum atomic E-state index is -3.60. The van der Waals surface area contributed by atoms with Gasteiger partial charge < -0.3 is 5.32 Å². The van der Waals surface area contributed by atoms with E-state index in [2.05, 4.69) is 5.32 Å². The average Bonchev–Trinajstić information content (AvgIpc) is 3.18. The Balaban J connectivity index is 1.55. The molecule has 2 aromatic rings. The Morgan fingerprint density at radius 3 is 2.50 bits per heavy atom. The van der Waals surface area contributed by atoms with E-state index >= 15 is 0 Å². The maximum atomic E-state index is 13.1. The minimum Gasteiger partial charge on any atom is -0.350 e. The van der Waals surface area contributed by atoms with Gasteiger partial charge in [-0.05, 0) is 48.2 Å². The second-order valence-electron chi connectivity index (χ2n) is 8.17. The number of nitrogens with zero attached hydrogens (tertiary/aromatic N) is 2. The predicted octanol–water partition coefficient (Wildman–Crippen LogP) is 3.11. The van der Waals surface area contributed by atoms with Gasteiger partial charge in [0.1, 0.15) is 6.04 Å². The third kappa shape index (κ3) is 4.40. The SMILES string of the molecule is CC(=O)N1c2ccc(S(=O)(=O)N3CCCCC3)cc2C[C@@H]1C(=O)NCc1ccccc1Cl. The van der Waals surface area contributed by atoms with Crippen molar-refractivity contribution in [2.75, 3.05) is 18.0 Å². The zero-order chi connectivity index (χ0) is 22.9. The summed E-state index contributed by atoms with van der Waals surface area (Å²) < 4.78 is 27.6. The number of rotatable bonds is 5. The summed E-state index contributed by atoms with van der Waals surface area (Å²) in [6.07, 6.45) is 3.01. The van der Waals surface area contributed by atoms with E-state index in [1.807, 2.05) is 18.2 Å². The number of hydrogen-bond acceptors (Lipinski definition) is 4. The van der Waals surface area contributed by atoms with E-state index in [-0.39, 0.29) is 29.7 Å². The highest BCUT2D eigenvalue weighted by molar-refractivity contribution is 7.89. The first-order chi connectivity index (χ1) is 15.3. The van der Waals surface area contributed by atoms with Gasteiger partial charge in [-0.25, -0.2) is 8.42 Å². The molecule has 9 heteroatoms. The molecule has 1 saturated heterocycles. The van der Waals surface area contributed by atoms with E-state index < -0.39 is 16.1 Å². The summed E-state index contributed by atoms with van der Waals surface area (Å²) in [5, 5.41) is 3.41. The Morgan fingerprint density at radius 2 is 1.81 bits per heavy atom. The summed E-state index contributed by atoms with van der Waals surface area (Å²) in [6.45, 7) is 2.69. The Hall–Kier alpha value is -2.42. The fourth-order valence-electron chi connectivity index (χ4n) is 4.38. The van der Waals surface area contributed by atoms with Gasteiger partial charge in [0.15, 0.2) is 0 Å². The fraction of sp³-hybridized carbons (Fsp3) is 0.391. The lowest BCUT2D eigenvalue weighted by Crippen LogP contribution is -2.47. The summed E-state index contributed by atoms with van der Waals surface area (Å²) in [5.74, 6) is -0.579. The monoisotopic (exact) mass is 475 g/mol. The maximum absolute atomic E-state index is 13.1. The van der Waals surface area contributed by atoms with Crippen molar-refractivity contribution < 1.29 is 18.0 Å². The van der Waals surface area contributed by atoms with E-state index in [4.69, 9.17) is 11.6 Å². The molecule has 2 aliphatic heterocycles. The zero-order valence-corrected chi connectivity index (χ0v) is 19.5. The molecule has 2 aromatic carbocycles. The van der Waals surface area contributed by atoms with Crippen LogP contribution >= 0.6 is 11.6 Å². The van der Waals surface area contributed by atoms with Gasteiger partial charge in [0.25, 0.3) is 0 Å². The second kappa shape index (κ2) is 9.21. The maximum Gasteiger partial charge on any atom is 0.243 e. The van der Waals surface area contributed by atoms with Crippen molar-refractivity contribution >= 4 is 39.1 Å². The van der Waals surface area contributed by atoms with E-state index in [0.717, 1.165) is 24.8 Å². The number of benzene rings is 2. The third-order valence-electron chi connectivity index (χ3n) is 6.04. The van der Waals surface area contributed by atoms with Gasteiger partial charge in [-0.15, -0.1) is 0 Å². The average molecular weight is 476 g/mol. The van der Waals surface area contributed by atoms with Crippen LogP contribution in [0.5, 0.6) is 0 Å². The molecule has 1 fully saturated rings. The molecular formula is C23H26ClN3O4S. The van der Waals surface area contributed by atoms with Gasteiger partial charge >= 0.3 is 0 Å². The fourth-order valence-corrected chi connectivity index (χ4v) is 6.15. The molecule has 2 aliphatic rings. The molecule has 1 N–H and O–H groups in total. The zero-order valence-electron chi connectivity index (χ0n) is 17.9. The van der Waals surface area contributed by atoms with E-state index in [0.29, 0.717) is 29.4 Å². The molecule has 2 amide bonds. The molecule has 7 nitrogen and oxygen atoms in total. The summed E-state index contributed by atoms with van der Waals surface area (Å²) in [4.78, 5) is 27.0. The topological polar surface area (TPSA) is 86.8 Å². The molecule has 0 bridgehead atoms. The number of nitrogens with one attached hydrogen (secondary N) is 1. The second-order valence-corrected chi connectivity index (χ2v) is 10.5. The minimum absolute atomic E-state index is 0.207. The highest BCUT2D eigenvalue weighted by Gasteiger charge is 2.38. The van der Waals surface area contributed by atoms with Crippen molar-refractivity contribution in [2.45, 2.75) is 50.1 Å². The van der Waals surface area contributed by atoms with Crippen LogP contribution < -0.4 is 10.2 Å². The van der Waals surface area contributed by atoms with Crippen molar-refractivity contribution in [3.8, 4) is 0 Å². The number of amides is 2. The first kappa shape index (κ1) is 22.8. The summed E-state index contributed by atoms with van der Waals surface area (Å²) in [5.41, 5.74) is 2.03. The smallest absolute Gasteiger partial charge is 0.243 e. The Morgan fingerprint density at radius 1 is 1.09 bits per heavy atom. The summed E-state index contributed by atoms with van der Waals surface area (Å²) in [7, 11) is -3.60. The quantitative estimate of drug-likeness (QED) is 0.719. The molecule has 2 heterocycles. The van der Waals surface area contributed by atoms with Crippen LogP contribution in [-0.2, 0) is 32.6 Å². The van der Waals surface area contributed by atoms with E-state index in [1.54, 1.807) is 18.2 Å². The van der Waals surface area contributed by atoms with Crippen LogP contribution in [0.3, 0.4) is 0 Å². The van der Waals surface area contributed by atoms with Crippen LogP contribution in [0.1, 0.15) is 37.3 Å². The molecule has 4 rings (SSSR count). The lowest BCUT2D eigenvalue weighted by Gasteiger charge is -2.26. The third-order valence-corrected chi connectivity index (χ3v) is 8.30. The summed E-state index contributed by atoms with van der Waals surface area (Å²) >= 11 is 6.17. The highest BCUT2D eigenvalue weighted by Crippen LogP contribution is 2.35. The first-order valence-corrected chi connectivity index (χ1v) is 12.5. The Kier molecular flexibility index (Phi) is 6.55. The van der Waals surface area contributed by atoms with Crippen molar-refractivity contribution in [3.05, 3.63) is 58.6 Å². The normalized spacial score (nSPS) is 18.9. The molecular weight excluding hydrogens is 450 g/mol. The number of fused-ring (bicyclic) bond motifs is 1. The van der Waals surface area contributed by atoms with Crippen LogP contribution in [0.25, 0.3) is 0 Å². The number of hydrogen-bond donors (Lipinski definition) is 1. The Labute approximate surface area is 193 Å². The lowest BCUT2D eigenvalue weighted by molar-refractivity contribution is -0.125. The van der Waals surface area contributed by atoms with Crippen LogP contribution in [0.15, 0.2) is 47.4 Å². The highest BCUT2D eigenvalue weighted by atomic mass is 35.5. The standard InChI is InChI=1S/C23H26ClN3O4S/c1-16(28)27-21-10-9-19(32(30,31)26-11-5-2-6-12-26)13-18(21)14-22(27)23(29)25-15-17-7-3-4-8-20(17)24/h3-4,7-10,13,22H,2,5-6,11-12,14-15H2,1H3,(H,25,29)/t22-/m1/s1. The van der Waals surface area contributed by atoms with Gasteiger partial charge in [0.05, 0.1) is 4.90 Å². The molecule has 32 heavy (non-hydrogen) atoms.